The Kier molecular flexibility index (Phi) is 4.87. The molecule has 2 rings (SSSR count). The Morgan fingerprint density at radius 3 is 2.37 bits per heavy atom. The van der Waals surface area contributed by atoms with Gasteiger partial charge in [-0.1, -0.05) is 18.9 Å². The fourth-order valence-electron chi connectivity index (χ4n) is 2.38. The first-order chi connectivity index (χ1) is 9.05. The van der Waals surface area contributed by atoms with Crippen LogP contribution in [0.5, 0.6) is 0 Å². The second-order valence-electron chi connectivity index (χ2n) is 5.04. The third-order valence-corrected chi connectivity index (χ3v) is 5.85. The molecule has 1 aliphatic heterocycles. The maximum Gasteiger partial charge on any atom is 0.243 e. The van der Waals surface area contributed by atoms with Crippen LogP contribution in [0.1, 0.15) is 36.8 Å². The van der Waals surface area contributed by atoms with Gasteiger partial charge in [0.25, 0.3) is 0 Å². The number of nitrogens with zero attached hydrogens (tertiary/aromatic N) is 1. The monoisotopic (exact) mass is 301 g/mol. The number of benzene rings is 1. The maximum absolute atomic E-state index is 12.6. The molecule has 1 heterocycles. The molecule has 0 unspecified atom stereocenters. The van der Waals surface area contributed by atoms with E-state index in [-0.39, 0.29) is 0 Å². The number of hydrogen-bond donors (Lipinski definition) is 0. The fourth-order valence-corrected chi connectivity index (χ4v) is 4.24. The number of sulfonamides is 1. The third kappa shape index (κ3) is 3.30. The summed E-state index contributed by atoms with van der Waals surface area (Å²) in [5, 5.41) is 0. The highest BCUT2D eigenvalue weighted by molar-refractivity contribution is 7.89. The molecule has 0 aromatic heterocycles. The van der Waals surface area contributed by atoms with Gasteiger partial charge >= 0.3 is 0 Å². The molecular weight excluding hydrogens is 282 g/mol. The van der Waals surface area contributed by atoms with Gasteiger partial charge in [-0.15, -0.1) is 11.6 Å². The average Bonchev–Trinajstić information content (AvgIpc) is 2.68. The van der Waals surface area contributed by atoms with E-state index in [9.17, 15) is 8.42 Å². The molecule has 0 radical (unpaired) electrons. The molecule has 19 heavy (non-hydrogen) atoms. The van der Waals surface area contributed by atoms with Crippen LogP contribution in [0.4, 0.5) is 0 Å². The van der Waals surface area contributed by atoms with Crippen molar-refractivity contribution < 1.29 is 8.42 Å². The summed E-state index contributed by atoms with van der Waals surface area (Å²) in [5.74, 6) is 0.342. The van der Waals surface area contributed by atoms with E-state index >= 15 is 0 Å². The van der Waals surface area contributed by atoms with E-state index in [1.165, 1.54) is 0 Å². The Hall–Kier alpha value is -0.580. The van der Waals surface area contributed by atoms with Gasteiger partial charge in [-0.25, -0.2) is 8.42 Å². The summed E-state index contributed by atoms with van der Waals surface area (Å²) >= 11 is 5.86. The lowest BCUT2D eigenvalue weighted by Crippen LogP contribution is -2.32. The molecular formula is C14H20ClNO2S. The first-order valence-electron chi connectivity index (χ1n) is 6.71. The highest BCUT2D eigenvalue weighted by Crippen LogP contribution is 2.23. The molecule has 0 N–H and O–H groups in total. The van der Waals surface area contributed by atoms with E-state index in [0.717, 1.165) is 36.8 Å². The van der Waals surface area contributed by atoms with Crippen LogP contribution in [-0.4, -0.2) is 25.8 Å². The van der Waals surface area contributed by atoms with Crippen molar-refractivity contribution in [3.8, 4) is 0 Å². The number of hydrogen-bond acceptors (Lipinski definition) is 2. The molecule has 0 spiro atoms. The van der Waals surface area contributed by atoms with Crippen LogP contribution in [0.3, 0.4) is 0 Å². The molecule has 3 nitrogen and oxygen atoms in total. The summed E-state index contributed by atoms with van der Waals surface area (Å²) in [6.07, 6.45) is 4.14. The Balaban J connectivity index is 2.32. The predicted octanol–water partition coefficient (Wildman–Crippen LogP) is 3.30. The number of halogens is 1. The van der Waals surface area contributed by atoms with Crippen LogP contribution in [0.2, 0.25) is 0 Å². The molecule has 0 saturated carbocycles. The molecule has 0 bridgehead atoms. The second-order valence-corrected chi connectivity index (χ2v) is 7.25. The van der Waals surface area contributed by atoms with Gasteiger partial charge in [-0.05, 0) is 43.0 Å². The summed E-state index contributed by atoms with van der Waals surface area (Å²) in [6.45, 7) is 3.21. The van der Waals surface area contributed by atoms with Crippen molar-refractivity contribution in [2.75, 3.05) is 13.1 Å². The molecule has 0 amide bonds. The van der Waals surface area contributed by atoms with E-state index in [2.05, 4.69) is 0 Å². The normalized spacial score (nSPS) is 18.2. The highest BCUT2D eigenvalue weighted by Gasteiger charge is 2.25. The first kappa shape index (κ1) is 14.8. The first-order valence-corrected chi connectivity index (χ1v) is 8.69. The Morgan fingerprint density at radius 1 is 1.16 bits per heavy atom. The third-order valence-electron chi connectivity index (χ3n) is 3.67. The van der Waals surface area contributed by atoms with Gasteiger partial charge in [-0.2, -0.15) is 4.31 Å². The van der Waals surface area contributed by atoms with Crippen molar-refractivity contribution in [2.45, 2.75) is 43.4 Å². The summed E-state index contributed by atoms with van der Waals surface area (Å²) in [6, 6.07) is 5.23. The van der Waals surface area contributed by atoms with Crippen LogP contribution in [0.15, 0.2) is 23.1 Å². The SMILES string of the molecule is Cc1ccc(S(=O)(=O)N2CCCCCC2)cc1CCl. The van der Waals surface area contributed by atoms with Crippen LogP contribution >= 0.6 is 11.6 Å². The zero-order chi connectivity index (χ0) is 13.9. The van der Waals surface area contributed by atoms with Crippen molar-refractivity contribution in [3.05, 3.63) is 29.3 Å². The van der Waals surface area contributed by atoms with Crippen molar-refractivity contribution in [1.29, 1.82) is 0 Å². The molecule has 1 aromatic carbocycles. The fraction of sp³-hybridized carbons (Fsp3) is 0.571. The van der Waals surface area contributed by atoms with Crippen molar-refractivity contribution in [2.24, 2.45) is 0 Å². The zero-order valence-electron chi connectivity index (χ0n) is 11.2. The Morgan fingerprint density at radius 2 is 1.79 bits per heavy atom. The molecule has 106 valence electrons. The van der Waals surface area contributed by atoms with Crippen molar-refractivity contribution >= 4 is 21.6 Å². The molecule has 0 atom stereocenters. The average molecular weight is 302 g/mol. The topological polar surface area (TPSA) is 37.4 Å². The molecule has 1 saturated heterocycles. The van der Waals surface area contributed by atoms with Crippen LogP contribution in [0.25, 0.3) is 0 Å². The quantitative estimate of drug-likeness (QED) is 0.803. The van der Waals surface area contributed by atoms with Crippen LogP contribution < -0.4 is 0 Å². The van der Waals surface area contributed by atoms with Gasteiger partial charge in [-0.3, -0.25) is 0 Å². The van der Waals surface area contributed by atoms with Gasteiger partial charge in [0.1, 0.15) is 0 Å². The molecule has 5 heteroatoms. The van der Waals surface area contributed by atoms with Crippen LogP contribution in [0, 0.1) is 6.92 Å². The zero-order valence-corrected chi connectivity index (χ0v) is 12.8. The summed E-state index contributed by atoms with van der Waals surface area (Å²) in [4.78, 5) is 0.371. The molecule has 1 fully saturated rings. The lowest BCUT2D eigenvalue weighted by Gasteiger charge is -2.20. The van der Waals surface area contributed by atoms with Gasteiger partial charge in [0.2, 0.25) is 10.0 Å². The minimum Gasteiger partial charge on any atom is -0.207 e. The number of rotatable bonds is 3. The Labute approximate surface area is 120 Å². The van der Waals surface area contributed by atoms with E-state index in [4.69, 9.17) is 11.6 Å². The number of alkyl halides is 1. The minimum atomic E-state index is -3.36. The lowest BCUT2D eigenvalue weighted by atomic mass is 10.1. The van der Waals surface area contributed by atoms with Gasteiger partial charge < -0.3 is 0 Å². The van der Waals surface area contributed by atoms with Gasteiger partial charge in [0.15, 0.2) is 0 Å². The van der Waals surface area contributed by atoms with Crippen molar-refractivity contribution in [3.63, 3.8) is 0 Å². The lowest BCUT2D eigenvalue weighted by molar-refractivity contribution is 0.423. The van der Waals surface area contributed by atoms with E-state index < -0.39 is 10.0 Å². The van der Waals surface area contributed by atoms with Crippen molar-refractivity contribution in [1.82, 2.24) is 4.31 Å². The van der Waals surface area contributed by atoms with E-state index in [1.54, 1.807) is 16.4 Å². The van der Waals surface area contributed by atoms with Crippen LogP contribution in [-0.2, 0) is 15.9 Å². The highest BCUT2D eigenvalue weighted by atomic mass is 35.5. The minimum absolute atomic E-state index is 0.342. The predicted molar refractivity (Wildman–Crippen MR) is 78.0 cm³/mol. The molecule has 1 aliphatic rings. The standard InChI is InChI=1S/C14H20ClNO2S/c1-12-6-7-14(10-13(12)11-15)19(17,18)16-8-4-2-3-5-9-16/h6-7,10H,2-5,8-9,11H2,1H3. The maximum atomic E-state index is 12.6. The second kappa shape index (κ2) is 6.25. The molecule has 1 aromatic rings. The summed E-state index contributed by atoms with van der Waals surface area (Å²) in [7, 11) is -3.36. The molecule has 0 aliphatic carbocycles. The number of aryl methyl sites for hydroxylation is 1. The smallest absolute Gasteiger partial charge is 0.207 e. The summed E-state index contributed by atoms with van der Waals surface area (Å²) in [5.41, 5.74) is 1.92. The largest absolute Gasteiger partial charge is 0.243 e. The summed E-state index contributed by atoms with van der Waals surface area (Å²) < 4.78 is 26.8. The van der Waals surface area contributed by atoms with Gasteiger partial charge in [0, 0.05) is 19.0 Å². The van der Waals surface area contributed by atoms with Gasteiger partial charge in [0.05, 0.1) is 4.90 Å². The van der Waals surface area contributed by atoms with E-state index in [1.807, 2.05) is 13.0 Å². The Bertz CT molecular complexity index is 534. The van der Waals surface area contributed by atoms with E-state index in [0.29, 0.717) is 23.9 Å².